The number of nitrogens with one attached hydrogen (secondary N) is 1. The van der Waals surface area contributed by atoms with E-state index in [0.717, 1.165) is 63.7 Å². The van der Waals surface area contributed by atoms with E-state index in [1.807, 2.05) is 11.0 Å². The molecule has 0 atom stereocenters. The van der Waals surface area contributed by atoms with Gasteiger partial charge in [-0.3, -0.25) is 9.69 Å². The number of rotatable bonds is 7. The van der Waals surface area contributed by atoms with E-state index in [9.17, 15) is 4.79 Å². The summed E-state index contributed by atoms with van der Waals surface area (Å²) in [6.45, 7) is 8.57. The van der Waals surface area contributed by atoms with Crippen molar-refractivity contribution in [3.63, 3.8) is 0 Å². The second kappa shape index (κ2) is 8.35. The highest BCUT2D eigenvalue weighted by Gasteiger charge is 2.21. The summed E-state index contributed by atoms with van der Waals surface area (Å²) < 4.78 is 10.8. The van der Waals surface area contributed by atoms with Crippen molar-refractivity contribution >= 4 is 5.91 Å². The normalized spacial score (nSPS) is 17.3. The number of piperazine rings is 1. The van der Waals surface area contributed by atoms with Crippen molar-refractivity contribution in [1.29, 1.82) is 0 Å². The molecule has 1 fully saturated rings. The summed E-state index contributed by atoms with van der Waals surface area (Å²) in [5, 5.41) is 3.29. The zero-order valence-electron chi connectivity index (χ0n) is 14.4. The number of hydrogen-bond donors (Lipinski definition) is 1. The van der Waals surface area contributed by atoms with E-state index in [0.29, 0.717) is 13.2 Å². The van der Waals surface area contributed by atoms with E-state index in [1.165, 1.54) is 5.56 Å². The van der Waals surface area contributed by atoms with E-state index in [1.54, 1.807) is 0 Å². The molecule has 0 unspecified atom stereocenters. The van der Waals surface area contributed by atoms with Gasteiger partial charge in [0.25, 0.3) is 0 Å². The summed E-state index contributed by atoms with van der Waals surface area (Å²) in [4.78, 5) is 16.6. The summed E-state index contributed by atoms with van der Waals surface area (Å²) in [6.07, 6.45) is 1.70. The minimum atomic E-state index is 0.265. The van der Waals surface area contributed by atoms with Gasteiger partial charge in [-0.15, -0.1) is 0 Å². The fraction of sp³-hybridized carbons (Fsp3) is 0.611. The molecule has 0 aromatic heterocycles. The van der Waals surface area contributed by atoms with Crippen molar-refractivity contribution in [2.45, 2.75) is 26.3 Å². The number of carbonyl (C=O) groups excluding carboxylic acids is 1. The molecule has 0 aliphatic carbocycles. The number of carbonyl (C=O) groups is 1. The molecule has 132 valence electrons. The predicted octanol–water partition coefficient (Wildman–Crippen LogP) is 1.45. The molecule has 2 aliphatic heterocycles. The van der Waals surface area contributed by atoms with E-state index in [4.69, 9.17) is 9.47 Å². The molecule has 0 spiro atoms. The minimum absolute atomic E-state index is 0.265. The first kappa shape index (κ1) is 17.0. The minimum Gasteiger partial charge on any atom is -0.454 e. The average Bonchev–Trinajstić information content (AvgIpc) is 3.07. The second-order valence-corrected chi connectivity index (χ2v) is 6.34. The topological polar surface area (TPSA) is 54.0 Å². The molecule has 1 amide bonds. The Morgan fingerprint density at radius 2 is 1.92 bits per heavy atom. The summed E-state index contributed by atoms with van der Waals surface area (Å²) in [5.41, 5.74) is 1.22. The molecule has 24 heavy (non-hydrogen) atoms. The van der Waals surface area contributed by atoms with Gasteiger partial charge in [0.2, 0.25) is 12.7 Å². The molecule has 1 aromatic rings. The number of amides is 1. The molecule has 2 aliphatic rings. The van der Waals surface area contributed by atoms with Crippen molar-refractivity contribution in [2.24, 2.45) is 0 Å². The fourth-order valence-electron chi connectivity index (χ4n) is 3.11. The lowest BCUT2D eigenvalue weighted by Gasteiger charge is -2.34. The van der Waals surface area contributed by atoms with Crippen LogP contribution in [0.5, 0.6) is 11.5 Å². The van der Waals surface area contributed by atoms with Gasteiger partial charge in [0.1, 0.15) is 0 Å². The van der Waals surface area contributed by atoms with Crippen molar-refractivity contribution in [1.82, 2.24) is 15.1 Å². The molecule has 0 radical (unpaired) electrons. The first-order valence-corrected chi connectivity index (χ1v) is 8.85. The smallest absolute Gasteiger partial charge is 0.231 e. The Balaban J connectivity index is 1.41. The molecule has 0 saturated carbocycles. The van der Waals surface area contributed by atoms with Crippen molar-refractivity contribution in [3.05, 3.63) is 23.8 Å². The lowest BCUT2D eigenvalue weighted by Crippen LogP contribution is -2.48. The molecule has 1 saturated heterocycles. The summed E-state index contributed by atoms with van der Waals surface area (Å²) in [5.74, 6) is 1.92. The van der Waals surface area contributed by atoms with Gasteiger partial charge in [0, 0.05) is 45.7 Å². The van der Waals surface area contributed by atoms with Crippen LogP contribution in [0.2, 0.25) is 0 Å². The summed E-state index contributed by atoms with van der Waals surface area (Å²) >= 11 is 0. The molecule has 1 N–H and O–H groups in total. The Morgan fingerprint density at radius 3 is 2.71 bits per heavy atom. The van der Waals surface area contributed by atoms with Crippen LogP contribution in [-0.4, -0.2) is 61.8 Å². The maximum Gasteiger partial charge on any atom is 0.231 e. The van der Waals surface area contributed by atoms with Crippen molar-refractivity contribution < 1.29 is 14.3 Å². The van der Waals surface area contributed by atoms with Gasteiger partial charge in [-0.05, 0) is 30.7 Å². The number of hydrogen-bond acceptors (Lipinski definition) is 5. The van der Waals surface area contributed by atoms with Gasteiger partial charge in [-0.1, -0.05) is 13.0 Å². The zero-order valence-corrected chi connectivity index (χ0v) is 14.4. The summed E-state index contributed by atoms with van der Waals surface area (Å²) in [6, 6.07) is 6.12. The lowest BCUT2D eigenvalue weighted by atomic mass is 10.1. The third kappa shape index (κ3) is 4.39. The third-order valence-electron chi connectivity index (χ3n) is 4.51. The zero-order chi connectivity index (χ0) is 16.8. The Labute approximate surface area is 143 Å². The molecule has 1 aromatic carbocycles. The van der Waals surface area contributed by atoms with Crippen LogP contribution in [0.25, 0.3) is 0 Å². The van der Waals surface area contributed by atoms with Gasteiger partial charge in [-0.25, -0.2) is 0 Å². The number of fused-ring (bicyclic) bond motifs is 1. The van der Waals surface area contributed by atoms with Gasteiger partial charge < -0.3 is 19.7 Å². The van der Waals surface area contributed by atoms with Crippen LogP contribution in [-0.2, 0) is 11.3 Å². The SMILES string of the molecule is CCCNCCC(=O)N1CCN(Cc2ccc3c(c2)OCO3)CC1. The van der Waals surface area contributed by atoms with Crippen LogP contribution < -0.4 is 14.8 Å². The van der Waals surface area contributed by atoms with E-state index in [-0.39, 0.29) is 5.91 Å². The molecule has 3 rings (SSSR count). The monoisotopic (exact) mass is 333 g/mol. The van der Waals surface area contributed by atoms with Crippen molar-refractivity contribution in [2.75, 3.05) is 46.1 Å². The highest BCUT2D eigenvalue weighted by molar-refractivity contribution is 5.76. The fourth-order valence-corrected chi connectivity index (χ4v) is 3.11. The van der Waals surface area contributed by atoms with E-state index in [2.05, 4.69) is 29.3 Å². The first-order valence-electron chi connectivity index (χ1n) is 8.85. The second-order valence-electron chi connectivity index (χ2n) is 6.34. The highest BCUT2D eigenvalue weighted by atomic mass is 16.7. The largest absolute Gasteiger partial charge is 0.454 e. The van der Waals surface area contributed by atoms with Crippen LogP contribution in [0, 0.1) is 0 Å². The quantitative estimate of drug-likeness (QED) is 0.766. The standard InChI is InChI=1S/C18H27N3O3/c1-2-6-19-7-5-18(22)21-10-8-20(9-11-21)13-15-3-4-16-17(12-15)24-14-23-16/h3-4,12,19H,2,5-11,13-14H2,1H3. The number of benzene rings is 1. The van der Waals surface area contributed by atoms with Crippen LogP contribution in [0.3, 0.4) is 0 Å². The maximum atomic E-state index is 12.2. The van der Waals surface area contributed by atoms with Crippen LogP contribution in [0.1, 0.15) is 25.3 Å². The molecular weight excluding hydrogens is 306 g/mol. The molecule has 6 heteroatoms. The summed E-state index contributed by atoms with van der Waals surface area (Å²) in [7, 11) is 0. The van der Waals surface area contributed by atoms with Crippen LogP contribution in [0.15, 0.2) is 18.2 Å². The predicted molar refractivity (Wildman–Crippen MR) is 92.2 cm³/mol. The van der Waals surface area contributed by atoms with Gasteiger partial charge >= 0.3 is 0 Å². The third-order valence-corrected chi connectivity index (χ3v) is 4.51. The molecule has 0 bridgehead atoms. The lowest BCUT2D eigenvalue weighted by molar-refractivity contribution is -0.132. The highest BCUT2D eigenvalue weighted by Crippen LogP contribution is 2.32. The maximum absolute atomic E-state index is 12.2. The van der Waals surface area contributed by atoms with Crippen molar-refractivity contribution in [3.8, 4) is 11.5 Å². The van der Waals surface area contributed by atoms with E-state index >= 15 is 0 Å². The molecular formula is C18H27N3O3. The van der Waals surface area contributed by atoms with Crippen LogP contribution in [0.4, 0.5) is 0 Å². The Bertz CT molecular complexity index is 556. The first-order chi connectivity index (χ1) is 11.8. The molecule has 6 nitrogen and oxygen atoms in total. The van der Waals surface area contributed by atoms with Gasteiger partial charge in [0.15, 0.2) is 11.5 Å². The number of ether oxygens (including phenoxy) is 2. The van der Waals surface area contributed by atoms with Gasteiger partial charge in [0.05, 0.1) is 0 Å². The van der Waals surface area contributed by atoms with Crippen LogP contribution >= 0.6 is 0 Å². The average molecular weight is 333 g/mol. The van der Waals surface area contributed by atoms with E-state index < -0.39 is 0 Å². The Morgan fingerprint density at radius 1 is 1.12 bits per heavy atom. The number of nitrogens with zero attached hydrogens (tertiary/aromatic N) is 2. The Kier molecular flexibility index (Phi) is 5.93. The van der Waals surface area contributed by atoms with Gasteiger partial charge in [-0.2, -0.15) is 0 Å². The Hall–Kier alpha value is -1.79. The molecule has 2 heterocycles.